The van der Waals surface area contributed by atoms with Gasteiger partial charge in [0, 0.05) is 10.2 Å². The summed E-state index contributed by atoms with van der Waals surface area (Å²) in [7, 11) is 0. The van der Waals surface area contributed by atoms with Crippen LogP contribution in [0.1, 0.15) is 63.5 Å². The lowest BCUT2D eigenvalue weighted by molar-refractivity contribution is -0.145. The van der Waals surface area contributed by atoms with Gasteiger partial charge in [-0.15, -0.1) is 0 Å². The first kappa shape index (κ1) is 20.1. The van der Waals surface area contributed by atoms with E-state index in [9.17, 15) is 9.59 Å². The molecule has 4 rings (SSSR count). The van der Waals surface area contributed by atoms with Crippen molar-refractivity contribution in [1.29, 1.82) is 0 Å². The zero-order valence-corrected chi connectivity index (χ0v) is 18.0. The van der Waals surface area contributed by atoms with Crippen LogP contribution in [-0.4, -0.2) is 24.9 Å². The molecule has 0 spiro atoms. The fourth-order valence-corrected chi connectivity index (χ4v) is 4.65. The third-order valence-corrected chi connectivity index (χ3v) is 6.30. The van der Waals surface area contributed by atoms with E-state index in [4.69, 9.17) is 14.2 Å². The van der Waals surface area contributed by atoms with Crippen molar-refractivity contribution >= 4 is 27.9 Å². The van der Waals surface area contributed by atoms with E-state index >= 15 is 0 Å². The van der Waals surface area contributed by atoms with Crippen molar-refractivity contribution in [2.75, 3.05) is 6.79 Å². The van der Waals surface area contributed by atoms with E-state index in [0.717, 1.165) is 30.2 Å². The quantitative estimate of drug-likeness (QED) is 0.644. The Balaban J connectivity index is 1.61. The number of esters is 1. The van der Waals surface area contributed by atoms with Crippen molar-refractivity contribution in [3.8, 4) is 11.5 Å². The van der Waals surface area contributed by atoms with E-state index < -0.39 is 12.0 Å². The molecule has 3 aliphatic rings. The van der Waals surface area contributed by atoms with Gasteiger partial charge in [-0.25, -0.2) is 9.59 Å². The maximum Gasteiger partial charge on any atom is 0.338 e. The van der Waals surface area contributed by atoms with Crippen LogP contribution in [0.25, 0.3) is 0 Å². The molecule has 1 aromatic rings. The number of hydrogen-bond acceptors (Lipinski definition) is 5. The van der Waals surface area contributed by atoms with Gasteiger partial charge in [0.1, 0.15) is 6.10 Å². The topological polar surface area (TPSA) is 85.9 Å². The lowest BCUT2D eigenvalue weighted by Crippen LogP contribution is -2.45. The number of rotatable bonds is 3. The zero-order chi connectivity index (χ0) is 20.4. The minimum Gasteiger partial charge on any atom is -0.459 e. The lowest BCUT2D eigenvalue weighted by Gasteiger charge is -2.30. The molecule has 2 heterocycles. The van der Waals surface area contributed by atoms with Gasteiger partial charge in [0.15, 0.2) is 11.5 Å². The smallest absolute Gasteiger partial charge is 0.338 e. The van der Waals surface area contributed by atoms with Gasteiger partial charge in [0.25, 0.3) is 0 Å². The molecular weight excluding hydrogens is 440 g/mol. The summed E-state index contributed by atoms with van der Waals surface area (Å²) in [4.78, 5) is 25.3. The number of benzene rings is 1. The molecule has 1 aliphatic carbocycles. The summed E-state index contributed by atoms with van der Waals surface area (Å²) in [6, 6.07) is 2.58. The molecule has 29 heavy (non-hydrogen) atoms. The summed E-state index contributed by atoms with van der Waals surface area (Å²) in [5.41, 5.74) is 1.62. The molecule has 8 heteroatoms. The standard InChI is InChI=1S/C21H25BrN2O5/c1-12-18(20(25)29-13-7-5-3-2-4-6-8-13)19(24-21(26)23-12)14-9-16-17(10-15(14)22)28-11-27-16/h9-10,13,19H,2-8,11H2,1H3,(H2,23,24,26). The third-order valence-electron chi connectivity index (χ3n) is 5.62. The molecule has 7 nitrogen and oxygen atoms in total. The van der Waals surface area contributed by atoms with Crippen LogP contribution < -0.4 is 20.1 Å². The summed E-state index contributed by atoms with van der Waals surface area (Å²) < 4.78 is 17.5. The zero-order valence-electron chi connectivity index (χ0n) is 16.4. The average molecular weight is 465 g/mol. The van der Waals surface area contributed by atoms with Crippen molar-refractivity contribution in [1.82, 2.24) is 10.6 Å². The van der Waals surface area contributed by atoms with Crippen LogP contribution in [0.15, 0.2) is 27.9 Å². The monoisotopic (exact) mass is 464 g/mol. The van der Waals surface area contributed by atoms with Crippen LogP contribution >= 0.6 is 15.9 Å². The Morgan fingerprint density at radius 3 is 2.48 bits per heavy atom. The summed E-state index contributed by atoms with van der Waals surface area (Å²) in [6.45, 7) is 1.87. The fraction of sp³-hybridized carbons (Fsp3) is 0.524. The van der Waals surface area contributed by atoms with Gasteiger partial charge in [-0.2, -0.15) is 0 Å². The third kappa shape index (κ3) is 4.37. The van der Waals surface area contributed by atoms with Crippen molar-refractivity contribution in [3.05, 3.63) is 33.4 Å². The van der Waals surface area contributed by atoms with Gasteiger partial charge in [-0.1, -0.05) is 35.2 Å². The molecule has 1 atom stereocenters. The first-order valence-electron chi connectivity index (χ1n) is 10.1. The maximum absolute atomic E-state index is 13.2. The maximum atomic E-state index is 13.2. The molecule has 1 aromatic carbocycles. The van der Waals surface area contributed by atoms with Crippen LogP contribution in [0, 0.1) is 0 Å². The molecule has 0 aromatic heterocycles. The number of ether oxygens (including phenoxy) is 3. The first-order valence-corrected chi connectivity index (χ1v) is 10.9. The number of halogens is 1. The fourth-order valence-electron chi connectivity index (χ4n) is 4.10. The van der Waals surface area contributed by atoms with Crippen molar-refractivity contribution in [3.63, 3.8) is 0 Å². The van der Waals surface area contributed by atoms with Crippen LogP contribution in [0.4, 0.5) is 4.79 Å². The second-order valence-corrected chi connectivity index (χ2v) is 8.52. The number of nitrogens with one attached hydrogen (secondary N) is 2. The predicted molar refractivity (Wildman–Crippen MR) is 110 cm³/mol. The highest BCUT2D eigenvalue weighted by molar-refractivity contribution is 9.10. The summed E-state index contributed by atoms with van der Waals surface area (Å²) >= 11 is 3.54. The van der Waals surface area contributed by atoms with Gasteiger partial charge in [-0.3, -0.25) is 0 Å². The Morgan fingerprint density at radius 1 is 1.10 bits per heavy atom. The van der Waals surface area contributed by atoms with Gasteiger partial charge in [-0.05, 0) is 50.3 Å². The van der Waals surface area contributed by atoms with Crippen LogP contribution in [0.2, 0.25) is 0 Å². The van der Waals surface area contributed by atoms with E-state index in [1.807, 2.05) is 0 Å². The lowest BCUT2D eigenvalue weighted by atomic mass is 9.94. The van der Waals surface area contributed by atoms with E-state index in [1.165, 1.54) is 19.3 Å². The average Bonchev–Trinajstić information content (AvgIpc) is 3.09. The molecule has 156 valence electrons. The van der Waals surface area contributed by atoms with Crippen LogP contribution in [0.3, 0.4) is 0 Å². The van der Waals surface area contributed by atoms with Crippen molar-refractivity contribution in [2.24, 2.45) is 0 Å². The second kappa shape index (κ2) is 8.65. The normalized spacial score (nSPS) is 22.4. The van der Waals surface area contributed by atoms with Crippen LogP contribution in [0.5, 0.6) is 11.5 Å². The van der Waals surface area contributed by atoms with Gasteiger partial charge in [0.2, 0.25) is 6.79 Å². The highest BCUT2D eigenvalue weighted by Gasteiger charge is 2.35. The molecule has 2 aliphatic heterocycles. The number of carbonyl (C=O) groups is 2. The highest BCUT2D eigenvalue weighted by atomic mass is 79.9. The molecule has 1 saturated carbocycles. The molecule has 1 unspecified atom stereocenters. The number of carbonyl (C=O) groups excluding carboxylic acids is 2. The number of allylic oxidation sites excluding steroid dienone is 1. The van der Waals surface area contributed by atoms with Gasteiger partial charge >= 0.3 is 12.0 Å². The minimum absolute atomic E-state index is 0.0819. The Bertz CT molecular complexity index is 846. The van der Waals surface area contributed by atoms with Crippen LogP contribution in [-0.2, 0) is 9.53 Å². The Morgan fingerprint density at radius 2 is 1.76 bits per heavy atom. The Labute approximate surface area is 178 Å². The van der Waals surface area contributed by atoms with E-state index in [0.29, 0.717) is 28.3 Å². The largest absolute Gasteiger partial charge is 0.459 e. The Kier molecular flexibility index (Phi) is 5.99. The summed E-state index contributed by atoms with van der Waals surface area (Å²) in [5, 5.41) is 5.55. The number of urea groups is 1. The van der Waals surface area contributed by atoms with E-state index in [2.05, 4.69) is 26.6 Å². The first-order chi connectivity index (χ1) is 14.0. The Hall–Kier alpha value is -2.22. The SMILES string of the molecule is CC1=C(C(=O)OC2CCCCCCC2)C(c2cc3c(cc2Br)OCO3)NC(=O)N1. The molecule has 0 radical (unpaired) electrons. The summed E-state index contributed by atoms with van der Waals surface area (Å²) in [5.74, 6) is 0.816. The summed E-state index contributed by atoms with van der Waals surface area (Å²) in [6.07, 6.45) is 7.44. The molecule has 2 N–H and O–H groups in total. The second-order valence-electron chi connectivity index (χ2n) is 7.67. The number of fused-ring (bicyclic) bond motifs is 1. The van der Waals surface area contributed by atoms with Gasteiger partial charge < -0.3 is 24.8 Å². The predicted octanol–water partition coefficient (Wildman–Crippen LogP) is 4.46. The molecular formula is C21H25BrN2O5. The molecule has 0 saturated heterocycles. The minimum atomic E-state index is -0.645. The van der Waals surface area contributed by atoms with E-state index in [-0.39, 0.29) is 18.9 Å². The molecule has 1 fully saturated rings. The van der Waals surface area contributed by atoms with Crippen molar-refractivity contribution < 1.29 is 23.8 Å². The van der Waals surface area contributed by atoms with E-state index in [1.54, 1.807) is 19.1 Å². The number of amides is 2. The van der Waals surface area contributed by atoms with Gasteiger partial charge in [0.05, 0.1) is 11.6 Å². The highest BCUT2D eigenvalue weighted by Crippen LogP contribution is 2.41. The molecule has 2 amide bonds. The number of hydrogen-bond donors (Lipinski definition) is 2. The molecule has 0 bridgehead atoms. The van der Waals surface area contributed by atoms with Crippen molar-refractivity contribution in [2.45, 2.75) is 64.0 Å².